The molecule has 0 saturated carbocycles. The van der Waals surface area contributed by atoms with Crippen LogP contribution in [0, 0.1) is 0 Å². The molecular weight excluding hydrogens is 214 g/mol. The molecule has 1 aromatic rings. The maximum Gasteiger partial charge on any atom is 0.129 e. The van der Waals surface area contributed by atoms with Gasteiger partial charge in [-0.05, 0) is 30.5 Å². The summed E-state index contributed by atoms with van der Waals surface area (Å²) in [5.74, 6) is 1.01. The van der Waals surface area contributed by atoms with Gasteiger partial charge in [-0.2, -0.15) is 0 Å². The first kappa shape index (κ1) is 12.3. The number of anilines is 1. The average Bonchev–Trinajstić information content (AvgIpc) is 2.91. The van der Waals surface area contributed by atoms with Crippen LogP contribution in [-0.2, 0) is 17.7 Å². The highest BCUT2D eigenvalue weighted by molar-refractivity contribution is 5.43. The van der Waals surface area contributed by atoms with Crippen molar-refractivity contribution in [3.05, 3.63) is 23.4 Å². The summed E-state index contributed by atoms with van der Waals surface area (Å²) in [6.45, 7) is 4.33. The number of rotatable bonds is 4. The van der Waals surface area contributed by atoms with Gasteiger partial charge in [0, 0.05) is 25.9 Å². The monoisotopic (exact) mass is 235 g/mol. The SMILES string of the molecule is CCc1cc(CN)cc(N(C)C2CCOC2)n1. The summed E-state index contributed by atoms with van der Waals surface area (Å²) < 4.78 is 5.42. The van der Waals surface area contributed by atoms with Crippen LogP contribution in [0.3, 0.4) is 0 Å². The van der Waals surface area contributed by atoms with Gasteiger partial charge in [-0.15, -0.1) is 0 Å². The highest BCUT2D eigenvalue weighted by Crippen LogP contribution is 2.20. The van der Waals surface area contributed by atoms with Crippen molar-refractivity contribution in [2.24, 2.45) is 5.73 Å². The second-order valence-corrected chi connectivity index (χ2v) is 4.51. The Kier molecular flexibility index (Phi) is 3.97. The molecule has 0 radical (unpaired) electrons. The van der Waals surface area contributed by atoms with Crippen LogP contribution in [0.25, 0.3) is 0 Å². The fraction of sp³-hybridized carbons (Fsp3) is 0.615. The lowest BCUT2D eigenvalue weighted by molar-refractivity contribution is 0.193. The predicted molar refractivity (Wildman–Crippen MR) is 69.1 cm³/mol. The standard InChI is InChI=1S/C13H21N3O/c1-3-11-6-10(8-14)7-13(15-11)16(2)12-4-5-17-9-12/h6-7,12H,3-5,8-9,14H2,1-2H3. The molecular formula is C13H21N3O. The molecule has 2 N–H and O–H groups in total. The van der Waals surface area contributed by atoms with E-state index in [0.717, 1.165) is 43.1 Å². The number of aromatic nitrogens is 1. The Bertz CT molecular complexity index is 353. The highest BCUT2D eigenvalue weighted by atomic mass is 16.5. The fourth-order valence-corrected chi connectivity index (χ4v) is 2.13. The molecule has 2 heterocycles. The first-order chi connectivity index (χ1) is 8.24. The van der Waals surface area contributed by atoms with Gasteiger partial charge < -0.3 is 15.4 Å². The van der Waals surface area contributed by atoms with Gasteiger partial charge in [0.05, 0.1) is 12.6 Å². The molecule has 94 valence electrons. The van der Waals surface area contributed by atoms with Crippen LogP contribution in [0.1, 0.15) is 24.6 Å². The zero-order valence-corrected chi connectivity index (χ0v) is 10.6. The fourth-order valence-electron chi connectivity index (χ4n) is 2.13. The van der Waals surface area contributed by atoms with Crippen molar-refractivity contribution < 1.29 is 4.74 Å². The molecule has 0 bridgehead atoms. The summed E-state index contributed by atoms with van der Waals surface area (Å²) >= 11 is 0. The molecule has 1 saturated heterocycles. The molecule has 17 heavy (non-hydrogen) atoms. The van der Waals surface area contributed by atoms with Crippen molar-refractivity contribution >= 4 is 5.82 Å². The van der Waals surface area contributed by atoms with Crippen molar-refractivity contribution in [1.82, 2.24) is 4.98 Å². The van der Waals surface area contributed by atoms with E-state index in [1.165, 1.54) is 0 Å². The van der Waals surface area contributed by atoms with Gasteiger partial charge in [-0.3, -0.25) is 0 Å². The normalized spacial score (nSPS) is 19.6. The summed E-state index contributed by atoms with van der Waals surface area (Å²) in [6.07, 6.45) is 2.02. The smallest absolute Gasteiger partial charge is 0.129 e. The Labute approximate surface area is 103 Å². The minimum atomic E-state index is 0.445. The van der Waals surface area contributed by atoms with Gasteiger partial charge in [-0.25, -0.2) is 4.98 Å². The second-order valence-electron chi connectivity index (χ2n) is 4.51. The zero-order valence-electron chi connectivity index (χ0n) is 10.6. The molecule has 0 amide bonds. The predicted octanol–water partition coefficient (Wildman–Crippen LogP) is 1.33. The Morgan fingerprint density at radius 2 is 2.35 bits per heavy atom. The van der Waals surface area contributed by atoms with Crippen LogP contribution in [0.15, 0.2) is 12.1 Å². The van der Waals surface area contributed by atoms with E-state index in [0.29, 0.717) is 12.6 Å². The van der Waals surface area contributed by atoms with Crippen LogP contribution in [-0.4, -0.2) is 31.3 Å². The summed E-state index contributed by atoms with van der Waals surface area (Å²) in [6, 6.07) is 4.61. The van der Waals surface area contributed by atoms with Gasteiger partial charge in [0.25, 0.3) is 0 Å². The van der Waals surface area contributed by atoms with Crippen LogP contribution in [0.2, 0.25) is 0 Å². The van der Waals surface area contributed by atoms with Gasteiger partial charge >= 0.3 is 0 Å². The van der Waals surface area contributed by atoms with Crippen LogP contribution in [0.5, 0.6) is 0 Å². The molecule has 1 aliphatic rings. The van der Waals surface area contributed by atoms with Crippen LogP contribution in [0.4, 0.5) is 5.82 Å². The number of nitrogens with two attached hydrogens (primary N) is 1. The average molecular weight is 235 g/mol. The Hall–Kier alpha value is -1.13. The van der Waals surface area contributed by atoms with E-state index in [2.05, 4.69) is 36.0 Å². The minimum Gasteiger partial charge on any atom is -0.379 e. The Morgan fingerprint density at radius 1 is 1.53 bits per heavy atom. The molecule has 1 unspecified atom stereocenters. The minimum absolute atomic E-state index is 0.445. The number of hydrogen-bond acceptors (Lipinski definition) is 4. The first-order valence-corrected chi connectivity index (χ1v) is 6.25. The van der Waals surface area contributed by atoms with E-state index in [-0.39, 0.29) is 0 Å². The number of aryl methyl sites for hydroxylation is 1. The van der Waals surface area contributed by atoms with Gasteiger partial charge in [0.2, 0.25) is 0 Å². The van der Waals surface area contributed by atoms with E-state index in [1.807, 2.05) is 0 Å². The van der Waals surface area contributed by atoms with Crippen molar-refractivity contribution in [2.75, 3.05) is 25.2 Å². The van der Waals surface area contributed by atoms with E-state index in [4.69, 9.17) is 10.5 Å². The van der Waals surface area contributed by atoms with Crippen molar-refractivity contribution in [2.45, 2.75) is 32.4 Å². The molecule has 1 aromatic heterocycles. The summed E-state index contributed by atoms with van der Waals surface area (Å²) in [7, 11) is 2.08. The molecule has 1 fully saturated rings. The lowest BCUT2D eigenvalue weighted by atomic mass is 10.1. The van der Waals surface area contributed by atoms with Crippen molar-refractivity contribution in [3.8, 4) is 0 Å². The van der Waals surface area contributed by atoms with E-state index >= 15 is 0 Å². The van der Waals surface area contributed by atoms with Crippen molar-refractivity contribution in [1.29, 1.82) is 0 Å². The maximum absolute atomic E-state index is 5.72. The largest absolute Gasteiger partial charge is 0.379 e. The lowest BCUT2D eigenvalue weighted by Crippen LogP contribution is -2.32. The molecule has 0 aromatic carbocycles. The lowest BCUT2D eigenvalue weighted by Gasteiger charge is -2.25. The van der Waals surface area contributed by atoms with Crippen LogP contribution >= 0.6 is 0 Å². The van der Waals surface area contributed by atoms with Gasteiger partial charge in [0.1, 0.15) is 5.82 Å². The summed E-state index contributed by atoms with van der Waals surface area (Å²) in [5.41, 5.74) is 7.98. The molecule has 4 nitrogen and oxygen atoms in total. The maximum atomic E-state index is 5.72. The third-order valence-corrected chi connectivity index (χ3v) is 3.34. The molecule has 0 aliphatic carbocycles. The number of nitrogens with zero attached hydrogens (tertiary/aromatic N) is 2. The zero-order chi connectivity index (χ0) is 12.3. The van der Waals surface area contributed by atoms with Gasteiger partial charge in [-0.1, -0.05) is 6.92 Å². The second kappa shape index (κ2) is 5.47. The van der Waals surface area contributed by atoms with Gasteiger partial charge in [0.15, 0.2) is 0 Å². The topological polar surface area (TPSA) is 51.4 Å². The summed E-state index contributed by atoms with van der Waals surface area (Å²) in [5, 5.41) is 0. The number of likely N-dealkylation sites (N-methyl/N-ethyl adjacent to an activating group) is 1. The molecule has 1 atom stereocenters. The quantitative estimate of drug-likeness (QED) is 0.855. The first-order valence-electron chi connectivity index (χ1n) is 6.25. The molecule has 1 aliphatic heterocycles. The van der Waals surface area contributed by atoms with E-state index in [1.54, 1.807) is 0 Å². The molecule has 2 rings (SSSR count). The molecule has 0 spiro atoms. The number of hydrogen-bond donors (Lipinski definition) is 1. The number of ether oxygens (including phenoxy) is 1. The third-order valence-electron chi connectivity index (χ3n) is 3.34. The number of pyridine rings is 1. The highest BCUT2D eigenvalue weighted by Gasteiger charge is 2.21. The van der Waals surface area contributed by atoms with E-state index in [9.17, 15) is 0 Å². The Morgan fingerprint density at radius 3 is 2.94 bits per heavy atom. The molecule has 4 heteroatoms. The van der Waals surface area contributed by atoms with E-state index < -0.39 is 0 Å². The Balaban J connectivity index is 2.23. The summed E-state index contributed by atoms with van der Waals surface area (Å²) in [4.78, 5) is 6.87. The third kappa shape index (κ3) is 2.76. The van der Waals surface area contributed by atoms with Crippen LogP contribution < -0.4 is 10.6 Å². The van der Waals surface area contributed by atoms with Crippen molar-refractivity contribution in [3.63, 3.8) is 0 Å².